The first kappa shape index (κ1) is 12.2. The third kappa shape index (κ3) is 4.25. The molecule has 0 saturated carbocycles. The van der Waals surface area contributed by atoms with Gasteiger partial charge in [-0.25, -0.2) is 0 Å². The number of ether oxygens (including phenoxy) is 2. The molecule has 0 aromatic carbocycles. The number of rotatable bonds is 4. The van der Waals surface area contributed by atoms with E-state index in [1.807, 2.05) is 11.8 Å². The summed E-state index contributed by atoms with van der Waals surface area (Å²) in [6.45, 7) is 1.75. The summed E-state index contributed by atoms with van der Waals surface area (Å²) in [6.07, 6.45) is 6.11. The standard InChI is InChI=1S/C11H19BrO2S/c12-10-7-9(8-15-10)4-6-14-11-3-1-2-5-13-11/h9-11H,1-8H2. The monoisotopic (exact) mass is 294 g/mol. The van der Waals surface area contributed by atoms with Gasteiger partial charge in [0.2, 0.25) is 0 Å². The van der Waals surface area contributed by atoms with Gasteiger partial charge in [-0.1, -0.05) is 15.9 Å². The van der Waals surface area contributed by atoms with Crippen molar-refractivity contribution in [2.75, 3.05) is 19.0 Å². The molecule has 0 aromatic heterocycles. The summed E-state index contributed by atoms with van der Waals surface area (Å²) in [4.78, 5) is 0. The molecule has 0 amide bonds. The first-order valence-electron chi connectivity index (χ1n) is 5.83. The molecule has 2 rings (SSSR count). The van der Waals surface area contributed by atoms with Crippen molar-refractivity contribution in [3.8, 4) is 0 Å². The van der Waals surface area contributed by atoms with E-state index in [2.05, 4.69) is 15.9 Å². The van der Waals surface area contributed by atoms with Crippen LogP contribution in [-0.2, 0) is 9.47 Å². The summed E-state index contributed by atoms with van der Waals surface area (Å²) >= 11 is 5.67. The number of hydrogen-bond donors (Lipinski definition) is 0. The van der Waals surface area contributed by atoms with Gasteiger partial charge in [0.1, 0.15) is 0 Å². The maximum Gasteiger partial charge on any atom is 0.157 e. The van der Waals surface area contributed by atoms with Crippen LogP contribution in [0.25, 0.3) is 0 Å². The Morgan fingerprint density at radius 3 is 3.00 bits per heavy atom. The van der Waals surface area contributed by atoms with E-state index in [-0.39, 0.29) is 6.29 Å². The maximum absolute atomic E-state index is 5.73. The molecule has 88 valence electrons. The lowest BCUT2D eigenvalue weighted by molar-refractivity contribution is -0.163. The van der Waals surface area contributed by atoms with Gasteiger partial charge in [0, 0.05) is 6.61 Å². The molecule has 2 aliphatic heterocycles. The Morgan fingerprint density at radius 2 is 2.33 bits per heavy atom. The van der Waals surface area contributed by atoms with Gasteiger partial charge in [-0.05, 0) is 43.8 Å². The van der Waals surface area contributed by atoms with Crippen LogP contribution in [0.1, 0.15) is 32.1 Å². The summed E-state index contributed by atoms with van der Waals surface area (Å²) in [7, 11) is 0. The molecule has 2 saturated heterocycles. The second kappa shape index (κ2) is 6.48. The van der Waals surface area contributed by atoms with Crippen molar-refractivity contribution < 1.29 is 9.47 Å². The van der Waals surface area contributed by atoms with Crippen LogP contribution in [0.15, 0.2) is 0 Å². The largest absolute Gasteiger partial charge is 0.353 e. The van der Waals surface area contributed by atoms with Crippen LogP contribution >= 0.6 is 27.7 Å². The van der Waals surface area contributed by atoms with E-state index in [4.69, 9.17) is 9.47 Å². The smallest absolute Gasteiger partial charge is 0.157 e. The molecular weight excluding hydrogens is 276 g/mol. The lowest BCUT2D eigenvalue weighted by Gasteiger charge is -2.23. The Bertz CT molecular complexity index is 181. The number of thioether (sulfide) groups is 1. The topological polar surface area (TPSA) is 18.5 Å². The van der Waals surface area contributed by atoms with E-state index in [9.17, 15) is 0 Å². The van der Waals surface area contributed by atoms with Gasteiger partial charge in [-0.3, -0.25) is 0 Å². The molecular formula is C11H19BrO2S. The van der Waals surface area contributed by atoms with Gasteiger partial charge in [-0.2, -0.15) is 0 Å². The van der Waals surface area contributed by atoms with Crippen molar-refractivity contribution in [2.24, 2.45) is 5.92 Å². The van der Waals surface area contributed by atoms with Gasteiger partial charge in [0.15, 0.2) is 6.29 Å². The highest BCUT2D eigenvalue weighted by Gasteiger charge is 2.23. The SMILES string of the molecule is BrC1CC(CCOC2CCCCO2)CS1. The Morgan fingerprint density at radius 1 is 1.40 bits per heavy atom. The summed E-state index contributed by atoms with van der Waals surface area (Å²) in [5.74, 6) is 2.12. The van der Waals surface area contributed by atoms with Crippen molar-refractivity contribution in [1.82, 2.24) is 0 Å². The molecule has 3 atom stereocenters. The average molecular weight is 295 g/mol. The average Bonchev–Trinajstić information content (AvgIpc) is 2.66. The molecule has 2 nitrogen and oxygen atoms in total. The van der Waals surface area contributed by atoms with Gasteiger partial charge in [0.25, 0.3) is 0 Å². The summed E-state index contributed by atoms with van der Waals surface area (Å²) in [6, 6.07) is 0. The fraction of sp³-hybridized carbons (Fsp3) is 1.00. The molecule has 4 heteroatoms. The third-order valence-electron chi connectivity index (χ3n) is 3.00. The Hall–Kier alpha value is 0.750. The fourth-order valence-corrected chi connectivity index (χ4v) is 4.23. The highest BCUT2D eigenvalue weighted by atomic mass is 79.9. The van der Waals surface area contributed by atoms with E-state index < -0.39 is 0 Å². The van der Waals surface area contributed by atoms with Gasteiger partial charge in [-0.15, -0.1) is 11.8 Å². The zero-order chi connectivity index (χ0) is 10.5. The molecule has 0 aromatic rings. The number of halogens is 1. The Labute approximate surface area is 105 Å². The third-order valence-corrected chi connectivity index (χ3v) is 5.38. The zero-order valence-corrected chi connectivity index (χ0v) is 11.4. The van der Waals surface area contributed by atoms with E-state index in [0.29, 0.717) is 4.16 Å². The molecule has 0 bridgehead atoms. The quantitative estimate of drug-likeness (QED) is 0.741. The fourth-order valence-electron chi connectivity index (χ4n) is 2.05. The first-order valence-corrected chi connectivity index (χ1v) is 7.80. The molecule has 2 aliphatic rings. The molecule has 2 heterocycles. The minimum Gasteiger partial charge on any atom is -0.353 e. The Kier molecular flexibility index (Phi) is 5.27. The van der Waals surface area contributed by atoms with Crippen molar-refractivity contribution >= 4 is 27.7 Å². The van der Waals surface area contributed by atoms with Gasteiger partial charge < -0.3 is 9.47 Å². The summed E-state index contributed by atoms with van der Waals surface area (Å²) in [5.41, 5.74) is 0. The molecule has 0 spiro atoms. The van der Waals surface area contributed by atoms with Crippen LogP contribution in [0.5, 0.6) is 0 Å². The number of hydrogen-bond acceptors (Lipinski definition) is 3. The van der Waals surface area contributed by atoms with Crippen LogP contribution in [0, 0.1) is 5.92 Å². The van der Waals surface area contributed by atoms with Crippen LogP contribution in [0.4, 0.5) is 0 Å². The van der Waals surface area contributed by atoms with Crippen LogP contribution in [-0.4, -0.2) is 29.4 Å². The van der Waals surface area contributed by atoms with Crippen molar-refractivity contribution in [3.05, 3.63) is 0 Å². The molecule has 2 fully saturated rings. The zero-order valence-electron chi connectivity index (χ0n) is 8.99. The Balaban J connectivity index is 1.54. The highest BCUT2D eigenvalue weighted by Crippen LogP contribution is 2.36. The van der Waals surface area contributed by atoms with Crippen LogP contribution in [0.3, 0.4) is 0 Å². The van der Waals surface area contributed by atoms with E-state index >= 15 is 0 Å². The van der Waals surface area contributed by atoms with Crippen molar-refractivity contribution in [1.29, 1.82) is 0 Å². The summed E-state index contributed by atoms with van der Waals surface area (Å²) < 4.78 is 11.9. The highest BCUT2D eigenvalue weighted by molar-refractivity contribution is 9.11. The molecule has 15 heavy (non-hydrogen) atoms. The number of alkyl halides is 1. The van der Waals surface area contributed by atoms with Crippen LogP contribution < -0.4 is 0 Å². The van der Waals surface area contributed by atoms with E-state index in [0.717, 1.165) is 25.6 Å². The molecule has 0 radical (unpaired) electrons. The van der Waals surface area contributed by atoms with Gasteiger partial charge >= 0.3 is 0 Å². The maximum atomic E-state index is 5.73. The van der Waals surface area contributed by atoms with E-state index in [1.165, 1.54) is 31.4 Å². The van der Waals surface area contributed by atoms with Crippen LogP contribution in [0.2, 0.25) is 0 Å². The lowest BCUT2D eigenvalue weighted by Crippen LogP contribution is -2.23. The normalized spacial score (nSPS) is 37.0. The molecule has 3 unspecified atom stereocenters. The predicted molar refractivity (Wildman–Crippen MR) is 67.4 cm³/mol. The second-order valence-corrected chi connectivity index (χ2v) is 7.25. The van der Waals surface area contributed by atoms with E-state index in [1.54, 1.807) is 0 Å². The lowest BCUT2D eigenvalue weighted by atomic mass is 10.1. The van der Waals surface area contributed by atoms with Crippen molar-refractivity contribution in [3.63, 3.8) is 0 Å². The first-order chi connectivity index (χ1) is 7.34. The van der Waals surface area contributed by atoms with Gasteiger partial charge in [0.05, 0.1) is 10.8 Å². The second-order valence-electron chi connectivity index (χ2n) is 4.30. The van der Waals surface area contributed by atoms with Crippen molar-refractivity contribution in [2.45, 2.75) is 42.6 Å². The summed E-state index contributed by atoms with van der Waals surface area (Å²) in [5, 5.41) is 0. The predicted octanol–water partition coefficient (Wildman–Crippen LogP) is 3.39. The molecule has 0 aliphatic carbocycles. The molecule has 0 N–H and O–H groups in total. The minimum absolute atomic E-state index is 0.0903. The minimum atomic E-state index is 0.0903.